The molecule has 56 valence electrons. The lowest BCUT2D eigenvalue weighted by molar-refractivity contribution is -0.139. The van der Waals surface area contributed by atoms with E-state index in [1.807, 2.05) is 0 Å². The highest BCUT2D eigenvalue weighted by Crippen LogP contribution is 2.62. The van der Waals surface area contributed by atoms with Crippen LogP contribution >= 0.6 is 0 Å². The van der Waals surface area contributed by atoms with Crippen LogP contribution in [-0.4, -0.2) is 11.1 Å². The molecule has 0 unspecified atom stereocenters. The minimum Gasteiger partial charge on any atom is -0.481 e. The maximum Gasteiger partial charge on any atom is 0.307 e. The molecule has 0 amide bonds. The van der Waals surface area contributed by atoms with Crippen molar-refractivity contribution >= 4 is 5.97 Å². The number of carbonyl (C=O) groups is 1. The topological polar surface area (TPSA) is 37.3 Å². The lowest BCUT2D eigenvalue weighted by atomic mass is 10.0. The van der Waals surface area contributed by atoms with Crippen LogP contribution in [0.1, 0.15) is 32.1 Å². The van der Waals surface area contributed by atoms with Crippen molar-refractivity contribution in [2.45, 2.75) is 32.1 Å². The summed E-state index contributed by atoms with van der Waals surface area (Å²) in [5, 5.41) is 8.68. The Bertz CT molecular complexity index is 168. The average molecular weight is 140 g/mol. The van der Waals surface area contributed by atoms with E-state index in [1.165, 1.54) is 25.7 Å². The van der Waals surface area contributed by atoms with Gasteiger partial charge in [0.15, 0.2) is 0 Å². The fourth-order valence-electron chi connectivity index (χ4n) is 2.33. The van der Waals surface area contributed by atoms with Crippen LogP contribution in [0, 0.1) is 11.3 Å². The Kier molecular flexibility index (Phi) is 1.08. The van der Waals surface area contributed by atoms with Gasteiger partial charge in [0.2, 0.25) is 0 Å². The van der Waals surface area contributed by atoms with Crippen molar-refractivity contribution < 1.29 is 9.90 Å². The molecular weight excluding hydrogens is 128 g/mol. The summed E-state index contributed by atoms with van der Waals surface area (Å²) in [5.74, 6) is -0.545. The number of aliphatic carboxylic acids is 1. The Morgan fingerprint density at radius 1 is 1.40 bits per heavy atom. The van der Waals surface area contributed by atoms with Gasteiger partial charge in [-0.05, 0) is 24.7 Å². The number of carboxylic acids is 1. The van der Waals surface area contributed by atoms with Crippen molar-refractivity contribution in [3.8, 4) is 0 Å². The molecule has 10 heavy (non-hydrogen) atoms. The second kappa shape index (κ2) is 1.74. The van der Waals surface area contributed by atoms with E-state index in [1.54, 1.807) is 0 Å². The Balaban J connectivity index is 2.04. The summed E-state index contributed by atoms with van der Waals surface area (Å²) < 4.78 is 0. The molecule has 1 N–H and O–H groups in total. The summed E-state index contributed by atoms with van der Waals surface area (Å²) in [7, 11) is 0. The van der Waals surface area contributed by atoms with Crippen LogP contribution in [0.4, 0.5) is 0 Å². The highest BCUT2D eigenvalue weighted by atomic mass is 16.4. The van der Waals surface area contributed by atoms with E-state index < -0.39 is 5.97 Å². The lowest BCUT2D eigenvalue weighted by Gasteiger charge is -2.02. The fourth-order valence-corrected chi connectivity index (χ4v) is 2.33. The van der Waals surface area contributed by atoms with Crippen LogP contribution in [0.15, 0.2) is 0 Å². The van der Waals surface area contributed by atoms with Gasteiger partial charge in [-0.25, -0.2) is 0 Å². The lowest BCUT2D eigenvalue weighted by Crippen LogP contribution is -2.06. The fraction of sp³-hybridized carbons (Fsp3) is 0.875. The van der Waals surface area contributed by atoms with Gasteiger partial charge < -0.3 is 5.11 Å². The molecule has 1 spiro atoms. The first-order valence-electron chi connectivity index (χ1n) is 3.97. The molecule has 0 heterocycles. The van der Waals surface area contributed by atoms with Crippen molar-refractivity contribution in [1.82, 2.24) is 0 Å². The Hall–Kier alpha value is -0.530. The highest BCUT2D eigenvalue weighted by Gasteiger charge is 2.58. The van der Waals surface area contributed by atoms with E-state index in [0.29, 0.717) is 0 Å². The third-order valence-corrected chi connectivity index (χ3v) is 3.09. The van der Waals surface area contributed by atoms with Crippen molar-refractivity contribution in [1.29, 1.82) is 0 Å². The molecule has 0 aromatic carbocycles. The standard InChI is InChI=1S/C8H12O2/c9-7(10)6-5-8(6)3-1-2-4-8/h6H,1-5H2,(H,9,10)/t6-/m0/s1. The van der Waals surface area contributed by atoms with Crippen LogP contribution in [0.3, 0.4) is 0 Å². The molecule has 2 saturated carbocycles. The zero-order valence-electron chi connectivity index (χ0n) is 5.97. The van der Waals surface area contributed by atoms with Crippen LogP contribution in [0.25, 0.3) is 0 Å². The van der Waals surface area contributed by atoms with Crippen LogP contribution in [0.2, 0.25) is 0 Å². The molecule has 2 nitrogen and oxygen atoms in total. The Morgan fingerprint density at radius 2 is 2.00 bits per heavy atom. The van der Waals surface area contributed by atoms with Crippen LogP contribution in [-0.2, 0) is 4.79 Å². The van der Waals surface area contributed by atoms with Gasteiger partial charge >= 0.3 is 5.97 Å². The second-order valence-corrected chi connectivity index (χ2v) is 3.66. The number of carboxylic acid groups (broad SMARTS) is 1. The first-order chi connectivity index (χ1) is 4.75. The zero-order valence-corrected chi connectivity index (χ0v) is 5.97. The normalized spacial score (nSPS) is 34.6. The largest absolute Gasteiger partial charge is 0.481 e. The van der Waals surface area contributed by atoms with Crippen LogP contribution in [0.5, 0.6) is 0 Å². The highest BCUT2D eigenvalue weighted by molar-refractivity contribution is 5.74. The van der Waals surface area contributed by atoms with Gasteiger partial charge in [-0.15, -0.1) is 0 Å². The summed E-state index contributed by atoms with van der Waals surface area (Å²) in [5.41, 5.74) is 0.284. The SMILES string of the molecule is O=C(O)[C@@H]1CC12CCCC2. The predicted octanol–water partition coefficient (Wildman–Crippen LogP) is 1.65. The van der Waals surface area contributed by atoms with Gasteiger partial charge in [0.05, 0.1) is 5.92 Å². The molecule has 2 aliphatic rings. The van der Waals surface area contributed by atoms with Gasteiger partial charge in [0, 0.05) is 0 Å². The third kappa shape index (κ3) is 0.678. The summed E-state index contributed by atoms with van der Waals surface area (Å²) in [6.07, 6.45) is 5.81. The van der Waals surface area contributed by atoms with Gasteiger partial charge in [0.25, 0.3) is 0 Å². The molecule has 1 atom stereocenters. The first kappa shape index (κ1) is 6.20. The quantitative estimate of drug-likeness (QED) is 0.601. The molecule has 0 bridgehead atoms. The molecule has 2 fully saturated rings. The summed E-state index contributed by atoms with van der Waals surface area (Å²) in [6.45, 7) is 0. The molecule has 0 aliphatic heterocycles. The molecule has 0 saturated heterocycles. The molecule has 0 aromatic heterocycles. The van der Waals surface area contributed by atoms with Crippen molar-refractivity contribution in [2.75, 3.05) is 0 Å². The van der Waals surface area contributed by atoms with E-state index in [-0.39, 0.29) is 11.3 Å². The molecule has 0 aromatic rings. The number of hydrogen-bond donors (Lipinski definition) is 1. The Morgan fingerprint density at radius 3 is 2.40 bits per heavy atom. The second-order valence-electron chi connectivity index (χ2n) is 3.66. The van der Waals surface area contributed by atoms with Crippen LogP contribution < -0.4 is 0 Å². The molecular formula is C8H12O2. The summed E-state index contributed by atoms with van der Waals surface area (Å²) in [4.78, 5) is 10.5. The number of hydrogen-bond acceptors (Lipinski definition) is 1. The minimum atomic E-state index is -0.568. The summed E-state index contributed by atoms with van der Waals surface area (Å²) in [6, 6.07) is 0. The zero-order chi connectivity index (χ0) is 7.19. The first-order valence-corrected chi connectivity index (χ1v) is 3.97. The van der Waals surface area contributed by atoms with E-state index in [9.17, 15) is 4.79 Å². The third-order valence-electron chi connectivity index (χ3n) is 3.09. The maximum absolute atomic E-state index is 10.5. The van der Waals surface area contributed by atoms with Gasteiger partial charge in [-0.1, -0.05) is 12.8 Å². The molecule has 2 heteroatoms. The average Bonchev–Trinajstić information content (AvgIpc) is 2.32. The number of rotatable bonds is 1. The summed E-state index contributed by atoms with van der Waals surface area (Å²) >= 11 is 0. The monoisotopic (exact) mass is 140 g/mol. The van der Waals surface area contributed by atoms with E-state index >= 15 is 0 Å². The van der Waals surface area contributed by atoms with Gasteiger partial charge in [0.1, 0.15) is 0 Å². The molecule has 0 radical (unpaired) electrons. The maximum atomic E-state index is 10.5. The Labute approximate surface area is 60.2 Å². The van der Waals surface area contributed by atoms with E-state index in [4.69, 9.17) is 5.11 Å². The minimum absolute atomic E-state index is 0.0231. The van der Waals surface area contributed by atoms with Crippen molar-refractivity contribution in [2.24, 2.45) is 11.3 Å². The van der Waals surface area contributed by atoms with Crippen molar-refractivity contribution in [3.05, 3.63) is 0 Å². The van der Waals surface area contributed by atoms with E-state index in [2.05, 4.69) is 0 Å². The van der Waals surface area contributed by atoms with Gasteiger partial charge in [-0.3, -0.25) is 4.79 Å². The van der Waals surface area contributed by atoms with E-state index in [0.717, 1.165) is 6.42 Å². The smallest absolute Gasteiger partial charge is 0.307 e. The van der Waals surface area contributed by atoms with Gasteiger partial charge in [-0.2, -0.15) is 0 Å². The molecule has 2 aliphatic carbocycles. The molecule has 2 rings (SSSR count). The predicted molar refractivity (Wildman–Crippen MR) is 36.6 cm³/mol. The van der Waals surface area contributed by atoms with Crippen molar-refractivity contribution in [3.63, 3.8) is 0 Å².